The number of nitrogens with one attached hydrogen (secondary N) is 2. The lowest BCUT2D eigenvalue weighted by Crippen LogP contribution is -2.69. The first-order valence-corrected chi connectivity index (χ1v) is 8.19. The minimum absolute atomic E-state index is 0.0506. The van der Waals surface area contributed by atoms with Crippen molar-refractivity contribution in [2.75, 3.05) is 13.1 Å². The van der Waals surface area contributed by atoms with E-state index < -0.39 is 0 Å². The van der Waals surface area contributed by atoms with Crippen molar-refractivity contribution in [3.63, 3.8) is 0 Å². The maximum Gasteiger partial charge on any atom is 0.251 e. The highest BCUT2D eigenvalue weighted by atomic mass is 16.1. The van der Waals surface area contributed by atoms with Gasteiger partial charge in [0, 0.05) is 34.2 Å². The van der Waals surface area contributed by atoms with E-state index in [2.05, 4.69) is 29.0 Å². The molecule has 3 fully saturated rings. The summed E-state index contributed by atoms with van der Waals surface area (Å²) in [5.74, 6) is 0.662. The van der Waals surface area contributed by atoms with E-state index in [0.717, 1.165) is 16.5 Å². The average molecular weight is 297 g/mol. The molecule has 3 saturated heterocycles. The standard InChI is InChI=1S/C18H23N3O/c1-18(2)16(12-6-9-21(18)10-7-12)20-17(22)14-3-4-15-13(11-14)5-8-19-15/h3-5,8,11-12,16,19H,6-7,9-10H2,1-2H3,(H,20,22)/t16-/m0/s1. The first kappa shape index (κ1) is 13.8. The van der Waals surface area contributed by atoms with Gasteiger partial charge in [-0.05, 0) is 70.0 Å². The molecule has 4 heteroatoms. The Hall–Kier alpha value is -1.81. The number of amides is 1. The quantitative estimate of drug-likeness (QED) is 0.895. The predicted molar refractivity (Wildman–Crippen MR) is 87.9 cm³/mol. The Balaban J connectivity index is 1.58. The van der Waals surface area contributed by atoms with Gasteiger partial charge in [-0.25, -0.2) is 0 Å². The van der Waals surface area contributed by atoms with Crippen molar-refractivity contribution in [1.82, 2.24) is 15.2 Å². The summed E-state index contributed by atoms with van der Waals surface area (Å²) in [6, 6.07) is 8.10. The summed E-state index contributed by atoms with van der Waals surface area (Å²) in [6.07, 6.45) is 4.30. The van der Waals surface area contributed by atoms with Gasteiger partial charge in [0.05, 0.1) is 0 Å². The Kier molecular flexibility index (Phi) is 3.05. The molecular formula is C18H23N3O. The fourth-order valence-electron chi connectivity index (χ4n) is 4.30. The molecule has 3 aliphatic rings. The van der Waals surface area contributed by atoms with E-state index in [1.165, 1.54) is 25.9 Å². The number of rotatable bonds is 2. The van der Waals surface area contributed by atoms with Crippen LogP contribution < -0.4 is 5.32 Å². The van der Waals surface area contributed by atoms with Gasteiger partial charge < -0.3 is 10.3 Å². The molecule has 2 aromatic rings. The fraction of sp³-hybridized carbons (Fsp3) is 0.500. The summed E-state index contributed by atoms with van der Waals surface area (Å²) < 4.78 is 0. The lowest BCUT2D eigenvalue weighted by Gasteiger charge is -2.56. The number of hydrogen-bond acceptors (Lipinski definition) is 2. The number of benzene rings is 1. The largest absolute Gasteiger partial charge is 0.361 e. The molecule has 0 aliphatic carbocycles. The van der Waals surface area contributed by atoms with E-state index in [0.29, 0.717) is 5.92 Å². The van der Waals surface area contributed by atoms with Crippen LogP contribution in [-0.4, -0.2) is 40.5 Å². The molecule has 2 N–H and O–H groups in total. The zero-order valence-electron chi connectivity index (χ0n) is 13.2. The Morgan fingerprint density at radius 3 is 2.77 bits per heavy atom. The number of hydrogen-bond donors (Lipinski definition) is 2. The van der Waals surface area contributed by atoms with E-state index in [-0.39, 0.29) is 17.5 Å². The van der Waals surface area contributed by atoms with Crippen molar-refractivity contribution in [3.8, 4) is 0 Å². The molecule has 5 rings (SSSR count). The van der Waals surface area contributed by atoms with Gasteiger partial charge in [0.1, 0.15) is 0 Å². The van der Waals surface area contributed by atoms with Crippen LogP contribution in [0.3, 0.4) is 0 Å². The highest BCUT2D eigenvalue weighted by molar-refractivity contribution is 5.98. The Labute approximate surface area is 130 Å². The third-order valence-electron chi connectivity index (χ3n) is 5.69. The SMILES string of the molecule is CC1(C)[C@@H](NC(=O)c2ccc3[nH]ccc3c2)C2CCN1CC2. The number of aromatic amines is 1. The molecule has 0 saturated carbocycles. The molecular weight excluding hydrogens is 274 g/mol. The molecule has 22 heavy (non-hydrogen) atoms. The summed E-state index contributed by atoms with van der Waals surface area (Å²) in [7, 11) is 0. The predicted octanol–water partition coefficient (Wildman–Crippen LogP) is 2.77. The molecule has 2 bridgehead atoms. The van der Waals surface area contributed by atoms with Crippen LogP contribution in [0.4, 0.5) is 0 Å². The maximum atomic E-state index is 12.7. The molecule has 1 aromatic heterocycles. The first-order chi connectivity index (χ1) is 10.6. The second-order valence-electron chi connectivity index (χ2n) is 7.21. The smallest absolute Gasteiger partial charge is 0.251 e. The molecule has 4 heterocycles. The van der Waals surface area contributed by atoms with Crippen molar-refractivity contribution < 1.29 is 4.79 Å². The zero-order chi connectivity index (χ0) is 15.3. The fourth-order valence-corrected chi connectivity index (χ4v) is 4.30. The second-order valence-corrected chi connectivity index (χ2v) is 7.21. The summed E-state index contributed by atoms with van der Waals surface area (Å²) in [5, 5.41) is 4.41. The van der Waals surface area contributed by atoms with Crippen molar-refractivity contribution >= 4 is 16.8 Å². The number of nitrogens with zero attached hydrogens (tertiary/aromatic N) is 1. The lowest BCUT2D eigenvalue weighted by molar-refractivity contribution is -0.0378. The van der Waals surface area contributed by atoms with Crippen LogP contribution in [0.1, 0.15) is 37.0 Å². The highest BCUT2D eigenvalue weighted by Crippen LogP contribution is 2.39. The van der Waals surface area contributed by atoms with Crippen LogP contribution in [0.15, 0.2) is 30.5 Å². The lowest BCUT2D eigenvalue weighted by atomic mass is 9.72. The highest BCUT2D eigenvalue weighted by Gasteiger charge is 2.48. The number of H-pyrrole nitrogens is 1. The van der Waals surface area contributed by atoms with E-state index in [4.69, 9.17) is 0 Å². The van der Waals surface area contributed by atoms with Gasteiger partial charge in [-0.15, -0.1) is 0 Å². The number of carbonyl (C=O) groups is 1. The van der Waals surface area contributed by atoms with Crippen molar-refractivity contribution in [1.29, 1.82) is 0 Å². The summed E-state index contributed by atoms with van der Waals surface area (Å²) in [5.41, 5.74) is 1.87. The first-order valence-electron chi connectivity index (χ1n) is 8.19. The number of fused-ring (bicyclic) bond motifs is 4. The minimum atomic E-state index is 0.0506. The van der Waals surface area contributed by atoms with Crippen LogP contribution in [0.25, 0.3) is 10.9 Å². The van der Waals surface area contributed by atoms with E-state index >= 15 is 0 Å². The molecule has 116 valence electrons. The maximum absolute atomic E-state index is 12.7. The van der Waals surface area contributed by atoms with E-state index in [1.54, 1.807) is 0 Å². The number of aromatic nitrogens is 1. The van der Waals surface area contributed by atoms with Gasteiger partial charge in [0.15, 0.2) is 0 Å². The Morgan fingerprint density at radius 1 is 1.27 bits per heavy atom. The molecule has 1 aromatic carbocycles. The van der Waals surface area contributed by atoms with Gasteiger partial charge in [-0.1, -0.05) is 0 Å². The van der Waals surface area contributed by atoms with Crippen LogP contribution in [0.5, 0.6) is 0 Å². The Morgan fingerprint density at radius 2 is 2.05 bits per heavy atom. The second kappa shape index (κ2) is 4.85. The van der Waals surface area contributed by atoms with Crippen molar-refractivity contribution in [2.45, 2.75) is 38.3 Å². The Bertz CT molecular complexity index is 710. The molecule has 0 radical (unpaired) electrons. The van der Waals surface area contributed by atoms with Gasteiger partial charge in [0.2, 0.25) is 0 Å². The van der Waals surface area contributed by atoms with Crippen LogP contribution in [0.2, 0.25) is 0 Å². The van der Waals surface area contributed by atoms with Crippen molar-refractivity contribution in [2.24, 2.45) is 5.92 Å². The van der Waals surface area contributed by atoms with Crippen LogP contribution in [-0.2, 0) is 0 Å². The molecule has 0 spiro atoms. The summed E-state index contributed by atoms with van der Waals surface area (Å²) in [6.45, 7) is 6.86. The van der Waals surface area contributed by atoms with Gasteiger partial charge in [0.25, 0.3) is 5.91 Å². The van der Waals surface area contributed by atoms with Crippen molar-refractivity contribution in [3.05, 3.63) is 36.0 Å². The topological polar surface area (TPSA) is 48.1 Å². The van der Waals surface area contributed by atoms with E-state index in [1.807, 2.05) is 30.5 Å². The number of piperidine rings is 3. The minimum Gasteiger partial charge on any atom is -0.361 e. The molecule has 1 amide bonds. The van der Waals surface area contributed by atoms with Crippen LogP contribution in [0, 0.1) is 5.92 Å². The van der Waals surface area contributed by atoms with Gasteiger partial charge in [-0.2, -0.15) is 0 Å². The molecule has 3 aliphatic heterocycles. The van der Waals surface area contributed by atoms with Gasteiger partial charge in [-0.3, -0.25) is 9.69 Å². The molecule has 0 unspecified atom stereocenters. The van der Waals surface area contributed by atoms with Gasteiger partial charge >= 0.3 is 0 Å². The molecule has 4 nitrogen and oxygen atoms in total. The third-order valence-corrected chi connectivity index (χ3v) is 5.69. The summed E-state index contributed by atoms with van der Waals surface area (Å²) >= 11 is 0. The van der Waals surface area contributed by atoms with E-state index in [9.17, 15) is 4.79 Å². The zero-order valence-corrected chi connectivity index (χ0v) is 13.2. The molecule has 1 atom stereocenters. The third kappa shape index (κ3) is 2.05. The monoisotopic (exact) mass is 297 g/mol. The normalized spacial score (nSPS) is 29.6. The van der Waals surface area contributed by atoms with Crippen LogP contribution >= 0.6 is 0 Å². The average Bonchev–Trinajstić information content (AvgIpc) is 2.98. The summed E-state index contributed by atoms with van der Waals surface area (Å²) in [4.78, 5) is 18.4. The number of carbonyl (C=O) groups excluding carboxylic acids is 1.